The summed E-state index contributed by atoms with van der Waals surface area (Å²) in [6.07, 6.45) is -5.51. The van der Waals surface area contributed by atoms with E-state index in [1.807, 2.05) is 0 Å². The lowest BCUT2D eigenvalue weighted by molar-refractivity contribution is -0.136. The van der Waals surface area contributed by atoms with Crippen LogP contribution in [0.4, 0.5) is 28.9 Å². The van der Waals surface area contributed by atoms with Gasteiger partial charge in [0.05, 0.1) is 17.7 Å². The van der Waals surface area contributed by atoms with Gasteiger partial charge in [-0.25, -0.2) is 4.39 Å². The van der Waals surface area contributed by atoms with E-state index in [9.17, 15) is 22.4 Å². The molecule has 1 atom stereocenters. The molecular weight excluding hydrogens is 266 g/mol. The monoisotopic (exact) mass is 279 g/mol. The summed E-state index contributed by atoms with van der Waals surface area (Å²) in [5.41, 5.74) is 9.82. The Bertz CT molecular complexity index is 488. The summed E-state index contributed by atoms with van der Waals surface area (Å²) >= 11 is 0. The van der Waals surface area contributed by atoms with E-state index in [1.54, 1.807) is 0 Å². The molecule has 0 fully saturated rings. The average Bonchev–Trinajstić information content (AvgIpc) is 2.18. The number of anilines is 2. The minimum Gasteiger partial charge on any atom is -0.398 e. The summed E-state index contributed by atoms with van der Waals surface area (Å²) in [4.78, 5) is 11.0. The number of halogens is 4. The van der Waals surface area contributed by atoms with Crippen molar-refractivity contribution in [1.82, 2.24) is 0 Å². The molecule has 1 amide bonds. The van der Waals surface area contributed by atoms with Gasteiger partial charge in [-0.15, -0.1) is 0 Å². The van der Waals surface area contributed by atoms with Crippen LogP contribution in [0.5, 0.6) is 0 Å². The Balaban J connectivity index is 2.95. The van der Waals surface area contributed by atoms with Crippen LogP contribution < -0.4 is 16.8 Å². The van der Waals surface area contributed by atoms with Gasteiger partial charge in [0.15, 0.2) is 0 Å². The largest absolute Gasteiger partial charge is 0.398 e. The number of carbonyl (C=O) groups excluding carboxylic acids is 1. The van der Waals surface area contributed by atoms with Gasteiger partial charge in [0.25, 0.3) is 5.91 Å². The lowest BCUT2D eigenvalue weighted by Gasteiger charge is -2.18. The highest BCUT2D eigenvalue weighted by Gasteiger charge is 2.30. The van der Waals surface area contributed by atoms with Crippen LogP contribution >= 0.6 is 0 Å². The maximum absolute atomic E-state index is 13.5. The fourth-order valence-corrected chi connectivity index (χ4v) is 1.58. The second-order valence-corrected chi connectivity index (χ2v) is 4.15. The van der Waals surface area contributed by atoms with Gasteiger partial charge < -0.3 is 16.8 Å². The molecule has 0 saturated heterocycles. The second-order valence-electron chi connectivity index (χ2n) is 4.15. The van der Waals surface area contributed by atoms with Crippen molar-refractivity contribution in [1.29, 1.82) is 0 Å². The zero-order valence-electron chi connectivity index (χ0n) is 10.0. The lowest BCUT2D eigenvalue weighted by Crippen LogP contribution is -2.25. The first kappa shape index (κ1) is 15.1. The van der Waals surface area contributed by atoms with Crippen molar-refractivity contribution in [3.8, 4) is 0 Å². The quantitative estimate of drug-likeness (QED) is 0.584. The van der Waals surface area contributed by atoms with Crippen LogP contribution in [0.2, 0.25) is 0 Å². The molecule has 8 heteroatoms. The molecule has 19 heavy (non-hydrogen) atoms. The van der Waals surface area contributed by atoms with Gasteiger partial charge in [0.2, 0.25) is 0 Å². The average molecular weight is 279 g/mol. The summed E-state index contributed by atoms with van der Waals surface area (Å²) in [7, 11) is 0. The number of carbonyl (C=O) groups is 1. The van der Waals surface area contributed by atoms with Gasteiger partial charge >= 0.3 is 6.18 Å². The molecule has 0 spiro atoms. The van der Waals surface area contributed by atoms with Crippen molar-refractivity contribution < 1.29 is 22.4 Å². The van der Waals surface area contributed by atoms with Gasteiger partial charge in [0, 0.05) is 11.7 Å². The first-order valence-electron chi connectivity index (χ1n) is 5.32. The minimum absolute atomic E-state index is 0.150. The summed E-state index contributed by atoms with van der Waals surface area (Å²) in [5.74, 6) is -1.74. The molecule has 0 heterocycles. The summed E-state index contributed by atoms with van der Waals surface area (Å²) in [6, 6.07) is 0.779. The number of nitrogens with one attached hydrogen (secondary N) is 1. The van der Waals surface area contributed by atoms with Crippen LogP contribution in [-0.4, -0.2) is 18.1 Å². The standard InChI is InChI=1S/C11H13F4N3O/c1-5(4-11(13,14)15)18-9-2-6(10(17)19)8(16)3-7(9)12/h2-3,5,18H,4,16H2,1H3,(H2,17,19). The fraction of sp³-hybridized carbons (Fsp3) is 0.364. The molecule has 0 aromatic heterocycles. The molecule has 0 aliphatic heterocycles. The van der Waals surface area contributed by atoms with Crippen LogP contribution in [0.25, 0.3) is 0 Å². The van der Waals surface area contributed by atoms with Crippen LogP contribution in [0, 0.1) is 5.82 Å². The number of nitrogens with two attached hydrogens (primary N) is 2. The topological polar surface area (TPSA) is 81.1 Å². The predicted octanol–water partition coefficient (Wildman–Crippen LogP) is 2.26. The van der Waals surface area contributed by atoms with E-state index in [2.05, 4.69) is 5.32 Å². The Kier molecular flexibility index (Phi) is 4.23. The van der Waals surface area contributed by atoms with E-state index in [0.717, 1.165) is 12.1 Å². The summed E-state index contributed by atoms with van der Waals surface area (Å²) < 4.78 is 50.0. The molecular formula is C11H13F4N3O. The molecule has 1 aromatic rings. The van der Waals surface area contributed by atoms with Crippen LogP contribution in [-0.2, 0) is 0 Å². The number of hydrogen-bond acceptors (Lipinski definition) is 3. The number of nitrogen functional groups attached to an aromatic ring is 1. The first-order chi connectivity index (χ1) is 8.60. The maximum atomic E-state index is 13.5. The predicted molar refractivity (Wildman–Crippen MR) is 63.1 cm³/mol. The number of alkyl halides is 3. The zero-order valence-corrected chi connectivity index (χ0v) is 10.0. The molecule has 1 unspecified atom stereocenters. The van der Waals surface area contributed by atoms with Crippen molar-refractivity contribution in [2.45, 2.75) is 25.6 Å². The van der Waals surface area contributed by atoms with Crippen molar-refractivity contribution in [2.75, 3.05) is 11.1 Å². The number of benzene rings is 1. The van der Waals surface area contributed by atoms with E-state index in [-0.39, 0.29) is 16.9 Å². The SMILES string of the molecule is CC(CC(F)(F)F)Nc1cc(C(N)=O)c(N)cc1F. The van der Waals surface area contributed by atoms with Gasteiger partial charge in [-0.2, -0.15) is 13.2 Å². The highest BCUT2D eigenvalue weighted by molar-refractivity contribution is 5.99. The van der Waals surface area contributed by atoms with Gasteiger partial charge in [0.1, 0.15) is 5.82 Å². The minimum atomic E-state index is -4.37. The van der Waals surface area contributed by atoms with Gasteiger partial charge in [-0.3, -0.25) is 4.79 Å². The Morgan fingerprint density at radius 1 is 1.42 bits per heavy atom. The van der Waals surface area contributed by atoms with E-state index in [0.29, 0.717) is 0 Å². The molecule has 4 nitrogen and oxygen atoms in total. The molecule has 0 bridgehead atoms. The third-order valence-electron chi connectivity index (χ3n) is 2.34. The molecule has 1 rings (SSSR count). The first-order valence-corrected chi connectivity index (χ1v) is 5.32. The smallest absolute Gasteiger partial charge is 0.391 e. The van der Waals surface area contributed by atoms with Crippen LogP contribution in [0.3, 0.4) is 0 Å². The van der Waals surface area contributed by atoms with Gasteiger partial charge in [-0.1, -0.05) is 0 Å². The Morgan fingerprint density at radius 2 is 2.00 bits per heavy atom. The Hall–Kier alpha value is -1.99. The Labute approximate surface area is 106 Å². The number of hydrogen-bond donors (Lipinski definition) is 3. The van der Waals surface area contributed by atoms with E-state index in [4.69, 9.17) is 11.5 Å². The molecule has 0 aliphatic carbocycles. The molecule has 0 saturated carbocycles. The van der Waals surface area contributed by atoms with Crippen molar-refractivity contribution in [3.63, 3.8) is 0 Å². The third kappa shape index (κ3) is 4.31. The van der Waals surface area contributed by atoms with Crippen molar-refractivity contribution in [3.05, 3.63) is 23.5 Å². The molecule has 0 radical (unpaired) electrons. The molecule has 5 N–H and O–H groups in total. The highest BCUT2D eigenvalue weighted by atomic mass is 19.4. The number of primary amides is 1. The lowest BCUT2D eigenvalue weighted by atomic mass is 10.1. The van der Waals surface area contributed by atoms with Crippen LogP contribution in [0.1, 0.15) is 23.7 Å². The van der Waals surface area contributed by atoms with E-state index in [1.165, 1.54) is 6.92 Å². The second kappa shape index (κ2) is 5.33. The highest BCUT2D eigenvalue weighted by Crippen LogP contribution is 2.26. The third-order valence-corrected chi connectivity index (χ3v) is 2.34. The summed E-state index contributed by atoms with van der Waals surface area (Å²) in [5, 5.41) is 2.33. The summed E-state index contributed by atoms with van der Waals surface area (Å²) in [6.45, 7) is 1.24. The molecule has 106 valence electrons. The van der Waals surface area contributed by atoms with Crippen molar-refractivity contribution >= 4 is 17.3 Å². The van der Waals surface area contributed by atoms with Crippen LogP contribution in [0.15, 0.2) is 12.1 Å². The Morgan fingerprint density at radius 3 is 2.47 bits per heavy atom. The fourth-order valence-electron chi connectivity index (χ4n) is 1.58. The molecule has 1 aromatic carbocycles. The maximum Gasteiger partial charge on any atom is 0.391 e. The van der Waals surface area contributed by atoms with Gasteiger partial charge in [-0.05, 0) is 19.1 Å². The zero-order chi connectivity index (χ0) is 14.8. The number of rotatable bonds is 4. The van der Waals surface area contributed by atoms with E-state index >= 15 is 0 Å². The van der Waals surface area contributed by atoms with E-state index < -0.39 is 30.4 Å². The van der Waals surface area contributed by atoms with Crippen molar-refractivity contribution in [2.24, 2.45) is 5.73 Å². The number of amides is 1. The normalized spacial score (nSPS) is 13.1. The molecule has 0 aliphatic rings.